The molecule has 184 valence electrons. The molecular formula is C29H39NO4. The van der Waals surface area contributed by atoms with Crippen molar-refractivity contribution in [3.8, 4) is 11.5 Å². The Morgan fingerprint density at radius 2 is 1.32 bits per heavy atom. The zero-order valence-electron chi connectivity index (χ0n) is 20.8. The van der Waals surface area contributed by atoms with Gasteiger partial charge in [0.15, 0.2) is 0 Å². The first-order valence-electron chi connectivity index (χ1n) is 12.4. The Morgan fingerprint density at radius 1 is 0.794 bits per heavy atom. The lowest BCUT2D eigenvalue weighted by atomic mass is 10.1. The maximum absolute atomic E-state index is 11.3. The summed E-state index contributed by atoms with van der Waals surface area (Å²) >= 11 is 0. The van der Waals surface area contributed by atoms with Gasteiger partial charge in [0.2, 0.25) is 0 Å². The van der Waals surface area contributed by atoms with Crippen LogP contribution in [0.15, 0.2) is 65.7 Å². The van der Waals surface area contributed by atoms with E-state index >= 15 is 0 Å². The predicted octanol–water partition coefficient (Wildman–Crippen LogP) is 7.45. The molecule has 34 heavy (non-hydrogen) atoms. The number of rotatable bonds is 17. The van der Waals surface area contributed by atoms with Crippen LogP contribution in [-0.2, 0) is 9.53 Å². The van der Waals surface area contributed by atoms with Crippen LogP contribution in [0.4, 0.5) is 5.69 Å². The smallest absolute Gasteiger partial charge is 0.333 e. The topological polar surface area (TPSA) is 57.1 Å². The molecule has 0 unspecified atom stereocenters. The molecule has 5 nitrogen and oxygen atoms in total. The van der Waals surface area contributed by atoms with Gasteiger partial charge < -0.3 is 14.2 Å². The number of hydrogen-bond acceptors (Lipinski definition) is 5. The average Bonchev–Trinajstić information content (AvgIpc) is 2.85. The predicted molar refractivity (Wildman–Crippen MR) is 140 cm³/mol. The number of hydrogen-bond donors (Lipinski definition) is 0. The molecule has 0 aliphatic heterocycles. The van der Waals surface area contributed by atoms with Gasteiger partial charge in [-0.2, -0.15) is 0 Å². The van der Waals surface area contributed by atoms with E-state index in [1.807, 2.05) is 54.7 Å². The number of nitrogens with zero attached hydrogens (tertiary/aromatic N) is 1. The number of aliphatic imine (C=N–C) groups is 1. The lowest BCUT2D eigenvalue weighted by molar-refractivity contribution is -0.139. The van der Waals surface area contributed by atoms with Crippen LogP contribution in [0.1, 0.15) is 70.8 Å². The van der Waals surface area contributed by atoms with Gasteiger partial charge in [-0.3, -0.25) is 4.99 Å². The van der Waals surface area contributed by atoms with E-state index in [1.54, 1.807) is 6.92 Å². The molecule has 0 fully saturated rings. The van der Waals surface area contributed by atoms with Crippen LogP contribution in [0.2, 0.25) is 0 Å². The second-order valence-electron chi connectivity index (χ2n) is 8.41. The lowest BCUT2D eigenvalue weighted by Crippen LogP contribution is -2.07. The van der Waals surface area contributed by atoms with Gasteiger partial charge >= 0.3 is 5.97 Å². The van der Waals surface area contributed by atoms with Crippen LogP contribution >= 0.6 is 0 Å². The average molecular weight is 466 g/mol. The zero-order chi connectivity index (χ0) is 24.4. The summed E-state index contributed by atoms with van der Waals surface area (Å²) < 4.78 is 16.6. The highest BCUT2D eigenvalue weighted by molar-refractivity contribution is 5.86. The summed E-state index contributed by atoms with van der Waals surface area (Å²) in [6.07, 6.45) is 11.0. The summed E-state index contributed by atoms with van der Waals surface area (Å²) in [5.41, 5.74) is 2.31. The van der Waals surface area contributed by atoms with E-state index in [0.29, 0.717) is 18.8 Å². The molecule has 0 radical (unpaired) electrons. The van der Waals surface area contributed by atoms with Crippen LogP contribution in [-0.4, -0.2) is 32.0 Å². The third kappa shape index (κ3) is 11.7. The van der Waals surface area contributed by atoms with Crippen molar-refractivity contribution < 1.29 is 19.0 Å². The van der Waals surface area contributed by atoms with Gasteiger partial charge in [0, 0.05) is 11.8 Å². The van der Waals surface area contributed by atoms with Crippen LogP contribution in [0, 0.1) is 0 Å². The minimum Gasteiger partial charge on any atom is -0.494 e. The monoisotopic (exact) mass is 465 g/mol. The highest BCUT2D eigenvalue weighted by Gasteiger charge is 2.02. The first-order valence-corrected chi connectivity index (χ1v) is 12.4. The molecule has 0 spiro atoms. The third-order valence-corrected chi connectivity index (χ3v) is 5.24. The molecule has 0 atom stereocenters. The van der Waals surface area contributed by atoms with Crippen molar-refractivity contribution in [1.82, 2.24) is 0 Å². The van der Waals surface area contributed by atoms with E-state index in [4.69, 9.17) is 14.2 Å². The molecule has 0 aliphatic rings. The highest BCUT2D eigenvalue weighted by atomic mass is 16.5. The van der Waals surface area contributed by atoms with E-state index < -0.39 is 0 Å². The fraction of sp³-hybridized carbons (Fsp3) is 0.448. The lowest BCUT2D eigenvalue weighted by Gasteiger charge is -2.07. The van der Waals surface area contributed by atoms with Crippen LogP contribution in [0.25, 0.3) is 0 Å². The van der Waals surface area contributed by atoms with Crippen molar-refractivity contribution in [2.45, 2.75) is 65.2 Å². The largest absolute Gasteiger partial charge is 0.494 e. The van der Waals surface area contributed by atoms with E-state index in [9.17, 15) is 4.79 Å². The summed E-state index contributed by atoms with van der Waals surface area (Å²) in [7, 11) is 0. The maximum atomic E-state index is 11.3. The number of ether oxygens (including phenoxy) is 3. The van der Waals surface area contributed by atoms with E-state index in [-0.39, 0.29) is 5.97 Å². The molecule has 0 bridgehead atoms. The third-order valence-electron chi connectivity index (χ3n) is 5.24. The second-order valence-corrected chi connectivity index (χ2v) is 8.41. The van der Waals surface area contributed by atoms with Crippen LogP contribution < -0.4 is 9.47 Å². The number of carbonyl (C=O) groups is 1. The van der Waals surface area contributed by atoms with Crippen molar-refractivity contribution in [1.29, 1.82) is 0 Å². The molecule has 2 aromatic carbocycles. The molecule has 0 aliphatic carbocycles. The Bertz CT molecular complexity index is 872. The van der Waals surface area contributed by atoms with Crippen molar-refractivity contribution in [2.24, 2.45) is 4.99 Å². The molecule has 2 rings (SSSR count). The minimum atomic E-state index is -0.342. The van der Waals surface area contributed by atoms with Crippen LogP contribution in [0.3, 0.4) is 0 Å². The van der Waals surface area contributed by atoms with Gasteiger partial charge in [0.1, 0.15) is 11.5 Å². The molecule has 2 aromatic rings. The van der Waals surface area contributed by atoms with E-state index in [2.05, 4.69) is 18.5 Å². The molecule has 0 amide bonds. The fourth-order valence-corrected chi connectivity index (χ4v) is 3.18. The van der Waals surface area contributed by atoms with E-state index in [1.165, 1.54) is 32.1 Å². The Balaban J connectivity index is 1.64. The van der Waals surface area contributed by atoms with Crippen LogP contribution in [0.5, 0.6) is 11.5 Å². The highest BCUT2D eigenvalue weighted by Crippen LogP contribution is 2.19. The summed E-state index contributed by atoms with van der Waals surface area (Å²) in [5.74, 6) is 1.36. The summed E-state index contributed by atoms with van der Waals surface area (Å²) in [5, 5.41) is 0. The zero-order valence-corrected chi connectivity index (χ0v) is 20.8. The summed E-state index contributed by atoms with van der Waals surface area (Å²) in [4.78, 5) is 15.8. The molecular weight excluding hydrogens is 426 g/mol. The minimum absolute atomic E-state index is 0.342. The Kier molecular flexibility index (Phi) is 13.2. The molecule has 0 N–H and O–H groups in total. The first kappa shape index (κ1) is 27.2. The van der Waals surface area contributed by atoms with Gasteiger partial charge in [-0.05, 0) is 80.3 Å². The fourth-order valence-electron chi connectivity index (χ4n) is 3.18. The van der Waals surface area contributed by atoms with Gasteiger partial charge in [0.25, 0.3) is 0 Å². The number of benzene rings is 2. The molecule has 0 aromatic heterocycles. The van der Waals surface area contributed by atoms with Gasteiger partial charge in [-0.15, -0.1) is 0 Å². The van der Waals surface area contributed by atoms with Gasteiger partial charge in [0.05, 0.1) is 25.5 Å². The van der Waals surface area contributed by atoms with Crippen molar-refractivity contribution in [2.75, 3.05) is 19.8 Å². The Hall–Kier alpha value is -3.08. The second kappa shape index (κ2) is 16.5. The van der Waals surface area contributed by atoms with Crippen molar-refractivity contribution in [3.05, 3.63) is 66.2 Å². The van der Waals surface area contributed by atoms with Crippen molar-refractivity contribution in [3.63, 3.8) is 0 Å². The molecule has 0 heterocycles. The van der Waals surface area contributed by atoms with E-state index in [0.717, 1.165) is 48.6 Å². The Labute approximate surface area is 204 Å². The summed E-state index contributed by atoms with van der Waals surface area (Å²) in [6, 6.07) is 15.7. The maximum Gasteiger partial charge on any atom is 0.333 e. The van der Waals surface area contributed by atoms with Gasteiger partial charge in [-0.1, -0.05) is 45.6 Å². The molecule has 0 saturated carbocycles. The molecule has 0 saturated heterocycles. The number of unbranched alkanes of at least 4 members (excludes halogenated alkanes) is 6. The number of carbonyl (C=O) groups excluding carboxylic acids is 1. The van der Waals surface area contributed by atoms with Crippen molar-refractivity contribution >= 4 is 17.9 Å². The number of esters is 1. The molecule has 5 heteroatoms. The Morgan fingerprint density at radius 3 is 1.94 bits per heavy atom. The first-order chi connectivity index (χ1) is 16.6. The standard InChI is InChI=1S/C29H39NO4/c1-4-5-6-7-8-9-20-32-28-18-14-26(15-19-28)30-23-25-12-16-27(17-13-25)33-21-10-11-22-34-29(31)24(2)3/h12-19,23H,2,4-11,20-22H2,1,3H3. The normalized spacial score (nSPS) is 10.9. The SMILES string of the molecule is C=C(C)C(=O)OCCCCOc1ccc(C=Nc2ccc(OCCCCCCCC)cc2)cc1. The van der Waals surface area contributed by atoms with Gasteiger partial charge in [-0.25, -0.2) is 4.79 Å². The summed E-state index contributed by atoms with van der Waals surface area (Å²) in [6.45, 7) is 9.17. The quantitative estimate of drug-likeness (QED) is 0.105.